The maximum absolute atomic E-state index is 16.3. The van der Waals surface area contributed by atoms with E-state index >= 15 is 39.5 Å². The van der Waals surface area contributed by atoms with Gasteiger partial charge in [-0.3, -0.25) is 0 Å². The van der Waals surface area contributed by atoms with Gasteiger partial charge in [-0.15, -0.1) is 0 Å². The maximum Gasteiger partial charge on any atom is 0.416 e. The summed E-state index contributed by atoms with van der Waals surface area (Å²) in [6.45, 7) is 1.55. The van der Waals surface area contributed by atoms with Gasteiger partial charge in [0, 0.05) is 70.7 Å². The first-order valence-electron chi connectivity index (χ1n) is 33.3. The van der Waals surface area contributed by atoms with Crippen LogP contribution in [-0.4, -0.2) is 22.8 Å². The highest BCUT2D eigenvalue weighted by Crippen LogP contribution is 2.56. The molecule has 0 saturated heterocycles. The summed E-state index contributed by atoms with van der Waals surface area (Å²) >= 11 is 0. The van der Waals surface area contributed by atoms with Crippen molar-refractivity contribution in [3.05, 3.63) is 320 Å². The van der Waals surface area contributed by atoms with E-state index in [0.717, 1.165) is 84.4 Å². The van der Waals surface area contributed by atoms with Gasteiger partial charge in [0.15, 0.2) is 0 Å². The van der Waals surface area contributed by atoms with E-state index in [9.17, 15) is 0 Å². The van der Waals surface area contributed by atoms with E-state index in [1.54, 1.807) is 25.1 Å². The molecule has 5 nitrogen and oxygen atoms in total. The first kappa shape index (κ1) is 60.6. The van der Waals surface area contributed by atoms with Gasteiger partial charge in [0.05, 0.1) is 94.6 Å². The van der Waals surface area contributed by atoms with Crippen LogP contribution in [0.3, 0.4) is 0 Å². The van der Waals surface area contributed by atoms with Gasteiger partial charge in [-0.05, 0) is 150 Å². The molecule has 0 aliphatic heterocycles. The second kappa shape index (κ2) is 22.2. The maximum atomic E-state index is 16.3. The normalized spacial score (nSPS) is 12.6. The minimum atomic E-state index is -5.36. The molecule has 0 radical (unpaired) electrons. The quantitative estimate of drug-likeness (QED) is 0.136. The van der Waals surface area contributed by atoms with E-state index in [4.69, 9.17) is 0 Å². The minimum absolute atomic E-state index is 0.00288. The molecule has 5 heterocycles. The van der Waals surface area contributed by atoms with Crippen LogP contribution in [0.1, 0.15) is 22.3 Å². The Kier molecular flexibility index (Phi) is 13.2. The number of halogens is 9. The lowest BCUT2D eigenvalue weighted by atomic mass is 9.87. The number of alkyl halides is 9. The Hall–Kier alpha value is -12.6. The third-order valence-corrected chi connectivity index (χ3v) is 20.3. The molecular weight excluding hydrogens is 1300 g/mol. The molecule has 0 unspecified atom stereocenters. The number of para-hydroxylation sites is 9. The van der Waals surface area contributed by atoms with Crippen LogP contribution in [0.2, 0.25) is 0 Å². The highest BCUT2D eigenvalue weighted by molar-refractivity contribution is 6.19. The predicted octanol–water partition coefficient (Wildman–Crippen LogP) is 25.5. The average molecular weight is 1350 g/mol. The average Bonchev–Trinajstić information content (AvgIpc) is 1.44. The Balaban J connectivity index is 1.10. The molecule has 0 aliphatic rings. The van der Waals surface area contributed by atoms with Gasteiger partial charge in [0.2, 0.25) is 0 Å². The van der Waals surface area contributed by atoms with Crippen LogP contribution < -0.4 is 0 Å². The van der Waals surface area contributed by atoms with Crippen LogP contribution in [0.4, 0.5) is 39.5 Å². The molecule has 102 heavy (non-hydrogen) atoms. The van der Waals surface area contributed by atoms with E-state index in [0.29, 0.717) is 65.7 Å². The Morgan fingerprint density at radius 1 is 0.206 bits per heavy atom. The monoisotopic (exact) mass is 1350 g/mol. The lowest BCUT2D eigenvalue weighted by molar-refractivity contribution is -0.143. The fourth-order valence-corrected chi connectivity index (χ4v) is 16.2. The number of nitrogens with zero attached hydrogens (tertiary/aromatic N) is 5. The Morgan fingerprint density at radius 2 is 0.471 bits per heavy atom. The standard InChI is InChI=1S/C88H52F9N5/c1-51-43-54(45-56(44-51)86(89,90)91)80-82(99-71-32-14-5-23-60(71)61-24-6-15-33-72(61)99)81(55-46-57(87(92,93)94)50-58(47-55)88(95,96)97)84(101-75-36-18-9-27-64(75)65-28-10-19-37-76(65)101)85(83(80)100-73-34-16-7-25-62(73)63-26-8-17-35-74(63)100)102-77-38-20-12-30-67(77)69-49-53(40-42-79(69)102)52-39-41-78-68(48-52)66-29-11-13-31-70(66)98(78)59-21-3-2-4-22-59/h2-50H,1H3. The molecule has 0 atom stereocenters. The Bertz CT molecular complexity index is 6540. The Labute approximate surface area is 575 Å². The van der Waals surface area contributed by atoms with Crippen molar-refractivity contribution >= 4 is 109 Å². The summed E-state index contributed by atoms with van der Waals surface area (Å²) in [7, 11) is 0. The van der Waals surface area contributed by atoms with Crippen LogP contribution in [0.25, 0.3) is 171 Å². The fourth-order valence-electron chi connectivity index (χ4n) is 16.2. The summed E-state index contributed by atoms with van der Waals surface area (Å²) < 4.78 is 156. The zero-order valence-electron chi connectivity index (χ0n) is 53.9. The van der Waals surface area contributed by atoms with Gasteiger partial charge in [-0.2, -0.15) is 39.5 Å². The molecule has 19 rings (SSSR count). The molecule has 0 aliphatic carbocycles. The van der Waals surface area contributed by atoms with E-state index in [1.807, 2.05) is 218 Å². The third kappa shape index (κ3) is 9.14. The second-order valence-electron chi connectivity index (χ2n) is 26.1. The largest absolute Gasteiger partial charge is 0.416 e. The highest BCUT2D eigenvalue weighted by atomic mass is 19.4. The van der Waals surface area contributed by atoms with Gasteiger partial charge in [-0.1, -0.05) is 182 Å². The van der Waals surface area contributed by atoms with Gasteiger partial charge >= 0.3 is 18.5 Å². The topological polar surface area (TPSA) is 24.6 Å². The summed E-state index contributed by atoms with van der Waals surface area (Å²) in [4.78, 5) is 0. The number of benzene rings is 14. The van der Waals surface area contributed by atoms with Crippen LogP contribution in [0.5, 0.6) is 0 Å². The van der Waals surface area contributed by atoms with Crippen molar-refractivity contribution in [1.29, 1.82) is 0 Å². The van der Waals surface area contributed by atoms with Crippen LogP contribution in [0.15, 0.2) is 297 Å². The van der Waals surface area contributed by atoms with Crippen molar-refractivity contribution in [2.75, 3.05) is 0 Å². The Morgan fingerprint density at radius 3 is 0.824 bits per heavy atom. The molecule has 492 valence electrons. The lowest BCUT2D eigenvalue weighted by Gasteiger charge is -2.32. The first-order chi connectivity index (χ1) is 49.5. The van der Waals surface area contributed by atoms with E-state index in [-0.39, 0.29) is 51.1 Å². The molecule has 5 aromatic heterocycles. The summed E-state index contributed by atoms with van der Waals surface area (Å²) in [6, 6.07) is 89.1. The molecule has 14 heteroatoms. The minimum Gasteiger partial charge on any atom is -0.309 e. The first-order valence-corrected chi connectivity index (χ1v) is 33.3. The van der Waals surface area contributed by atoms with Crippen molar-refractivity contribution in [2.24, 2.45) is 0 Å². The molecular formula is C88H52F9N5. The number of rotatable bonds is 8. The van der Waals surface area contributed by atoms with Gasteiger partial charge in [0.25, 0.3) is 0 Å². The van der Waals surface area contributed by atoms with E-state index < -0.39 is 40.8 Å². The molecule has 0 saturated carbocycles. The summed E-state index contributed by atoms with van der Waals surface area (Å²) in [5, 5.41) is 7.74. The fraction of sp³-hybridized carbons (Fsp3) is 0.0455. The molecule has 19 aromatic rings. The van der Waals surface area contributed by atoms with Crippen LogP contribution in [0, 0.1) is 6.92 Å². The van der Waals surface area contributed by atoms with Crippen molar-refractivity contribution in [2.45, 2.75) is 25.5 Å². The molecule has 0 bridgehead atoms. The molecule has 0 N–H and O–H groups in total. The molecule has 14 aromatic carbocycles. The number of hydrogen-bond donors (Lipinski definition) is 0. The van der Waals surface area contributed by atoms with Crippen LogP contribution >= 0.6 is 0 Å². The summed E-state index contributed by atoms with van der Waals surface area (Å²) in [5.74, 6) is 0. The zero-order valence-corrected chi connectivity index (χ0v) is 53.9. The highest BCUT2D eigenvalue weighted by Gasteiger charge is 2.41. The lowest BCUT2D eigenvalue weighted by Crippen LogP contribution is -2.17. The van der Waals surface area contributed by atoms with Gasteiger partial charge in [0.1, 0.15) is 0 Å². The smallest absolute Gasteiger partial charge is 0.309 e. The molecule has 0 fully saturated rings. The van der Waals surface area contributed by atoms with Crippen molar-refractivity contribution in [3.63, 3.8) is 0 Å². The molecule has 0 spiro atoms. The van der Waals surface area contributed by atoms with Gasteiger partial charge in [-0.25, -0.2) is 0 Å². The number of fused-ring (bicyclic) bond motifs is 15. The molecule has 0 amide bonds. The zero-order chi connectivity index (χ0) is 69.2. The number of aromatic nitrogens is 5. The predicted molar refractivity (Wildman–Crippen MR) is 394 cm³/mol. The van der Waals surface area contributed by atoms with E-state index in [1.165, 1.54) is 0 Å². The van der Waals surface area contributed by atoms with Crippen LogP contribution in [-0.2, 0) is 18.5 Å². The van der Waals surface area contributed by atoms with Crippen molar-refractivity contribution in [3.8, 4) is 61.8 Å². The SMILES string of the molecule is Cc1cc(-c2c(-n3c4ccccc4c4ccccc43)c(-c3cc(C(F)(F)F)cc(C(F)(F)F)c3)c(-n3c4ccccc4c4ccccc43)c(-n3c4ccccc4c4cc(-c5ccc6c(c5)c5ccccc5n6-c5ccccc5)ccc43)c2-n2c3ccccc3c3ccccc32)cc(C(F)(F)F)c1. The number of hydrogen-bond acceptors (Lipinski definition) is 0. The van der Waals surface area contributed by atoms with Gasteiger partial charge < -0.3 is 22.8 Å². The van der Waals surface area contributed by atoms with Crippen molar-refractivity contribution in [1.82, 2.24) is 22.8 Å². The number of aryl methyl sites for hydroxylation is 1. The van der Waals surface area contributed by atoms with E-state index in [2.05, 4.69) is 53.1 Å². The summed E-state index contributed by atoms with van der Waals surface area (Å²) in [6.07, 6.45) is -15.7. The second-order valence-corrected chi connectivity index (χ2v) is 26.1. The third-order valence-electron chi connectivity index (χ3n) is 20.3. The summed E-state index contributed by atoms with van der Waals surface area (Å²) in [5.41, 5.74) is 5.00. The van der Waals surface area contributed by atoms with Crippen molar-refractivity contribution < 1.29 is 39.5 Å².